The third kappa shape index (κ3) is 5.73. The number of halogens is 1. The van der Waals surface area contributed by atoms with Crippen LogP contribution in [0.1, 0.15) is 24.8 Å². The summed E-state index contributed by atoms with van der Waals surface area (Å²) < 4.78 is 5.47. The fourth-order valence-electron chi connectivity index (χ4n) is 2.61. The molecule has 7 heteroatoms. The lowest BCUT2D eigenvalue weighted by Gasteiger charge is -2.29. The average molecular weight is 341 g/mol. The number of carboxylic acids is 1. The van der Waals surface area contributed by atoms with Crippen LogP contribution in [0.2, 0.25) is 5.02 Å². The second kappa shape index (κ2) is 8.17. The Labute approximate surface area is 140 Å². The van der Waals surface area contributed by atoms with Gasteiger partial charge in [0.25, 0.3) is 0 Å². The Bertz CT molecular complexity index is 542. The van der Waals surface area contributed by atoms with Gasteiger partial charge in [0, 0.05) is 24.6 Å². The van der Waals surface area contributed by atoms with E-state index in [9.17, 15) is 9.59 Å². The number of benzene rings is 1. The highest BCUT2D eigenvalue weighted by Crippen LogP contribution is 2.24. The van der Waals surface area contributed by atoms with Crippen LogP contribution in [0.5, 0.6) is 0 Å². The largest absolute Gasteiger partial charge is 0.481 e. The zero-order valence-corrected chi connectivity index (χ0v) is 13.6. The quantitative estimate of drug-likeness (QED) is 0.664. The van der Waals surface area contributed by atoms with E-state index in [2.05, 4.69) is 10.6 Å². The molecule has 1 aliphatic heterocycles. The molecule has 1 atom stereocenters. The molecule has 0 bridgehead atoms. The van der Waals surface area contributed by atoms with Crippen LogP contribution in [-0.2, 0) is 16.0 Å². The second-order valence-corrected chi connectivity index (χ2v) is 6.20. The van der Waals surface area contributed by atoms with Crippen molar-refractivity contribution in [2.45, 2.75) is 31.2 Å². The van der Waals surface area contributed by atoms with E-state index in [1.165, 1.54) is 0 Å². The van der Waals surface area contributed by atoms with Crippen molar-refractivity contribution in [3.63, 3.8) is 0 Å². The number of rotatable bonds is 7. The monoisotopic (exact) mass is 340 g/mol. The molecule has 126 valence electrons. The van der Waals surface area contributed by atoms with Gasteiger partial charge in [-0.3, -0.25) is 4.79 Å². The summed E-state index contributed by atoms with van der Waals surface area (Å²) in [5, 5.41) is 14.9. The van der Waals surface area contributed by atoms with Crippen molar-refractivity contribution in [3.8, 4) is 0 Å². The van der Waals surface area contributed by atoms with Crippen LogP contribution in [0.15, 0.2) is 24.3 Å². The normalized spacial score (nSPS) is 20.2. The lowest BCUT2D eigenvalue weighted by atomic mass is 9.90. The summed E-state index contributed by atoms with van der Waals surface area (Å²) >= 11 is 5.89. The van der Waals surface area contributed by atoms with E-state index in [4.69, 9.17) is 21.4 Å². The van der Waals surface area contributed by atoms with Gasteiger partial charge in [-0.15, -0.1) is 0 Å². The van der Waals surface area contributed by atoms with Crippen molar-refractivity contribution >= 4 is 23.6 Å². The molecule has 1 unspecified atom stereocenters. The molecule has 1 saturated heterocycles. The molecular weight excluding hydrogens is 320 g/mol. The zero-order chi connectivity index (χ0) is 16.7. The molecule has 0 aromatic heterocycles. The lowest BCUT2D eigenvalue weighted by molar-refractivity contribution is -0.137. The van der Waals surface area contributed by atoms with Crippen LogP contribution >= 0.6 is 11.6 Å². The summed E-state index contributed by atoms with van der Waals surface area (Å²) in [7, 11) is 0. The Balaban J connectivity index is 1.88. The minimum absolute atomic E-state index is 0.0410. The van der Waals surface area contributed by atoms with Gasteiger partial charge >= 0.3 is 12.0 Å². The van der Waals surface area contributed by atoms with E-state index in [0.29, 0.717) is 37.6 Å². The van der Waals surface area contributed by atoms with Gasteiger partial charge in [-0.2, -0.15) is 0 Å². The number of urea groups is 1. The van der Waals surface area contributed by atoms with Gasteiger partial charge in [0.05, 0.1) is 12.1 Å². The molecule has 1 aromatic rings. The number of amides is 2. The summed E-state index contributed by atoms with van der Waals surface area (Å²) in [5.74, 6) is -0.865. The molecule has 0 saturated carbocycles. The van der Waals surface area contributed by atoms with E-state index in [1.54, 1.807) is 0 Å². The molecule has 1 heterocycles. The highest BCUT2D eigenvalue weighted by atomic mass is 35.5. The van der Waals surface area contributed by atoms with E-state index >= 15 is 0 Å². The van der Waals surface area contributed by atoms with Crippen LogP contribution in [0.25, 0.3) is 0 Å². The van der Waals surface area contributed by atoms with Gasteiger partial charge in [0.1, 0.15) is 0 Å². The van der Waals surface area contributed by atoms with Crippen molar-refractivity contribution < 1.29 is 19.4 Å². The number of carbonyl (C=O) groups is 2. The Kier molecular flexibility index (Phi) is 6.24. The fraction of sp³-hybridized carbons (Fsp3) is 0.500. The predicted octanol–water partition coefficient (Wildman–Crippen LogP) is 2.21. The highest BCUT2D eigenvalue weighted by Gasteiger charge is 2.36. The Morgan fingerprint density at radius 2 is 2.04 bits per heavy atom. The van der Waals surface area contributed by atoms with E-state index in [-0.39, 0.29) is 12.5 Å². The molecule has 3 N–H and O–H groups in total. The highest BCUT2D eigenvalue weighted by molar-refractivity contribution is 6.30. The number of carboxylic acid groups (broad SMARTS) is 1. The minimum Gasteiger partial charge on any atom is -0.481 e. The molecule has 0 spiro atoms. The van der Waals surface area contributed by atoms with Crippen molar-refractivity contribution in [1.29, 1.82) is 0 Å². The average Bonchev–Trinajstić information content (AvgIpc) is 2.94. The van der Waals surface area contributed by atoms with E-state index < -0.39 is 11.5 Å². The summed E-state index contributed by atoms with van der Waals surface area (Å²) in [6, 6.07) is 7.23. The van der Waals surface area contributed by atoms with Crippen molar-refractivity contribution in [2.75, 3.05) is 19.8 Å². The second-order valence-electron chi connectivity index (χ2n) is 5.76. The number of nitrogens with one attached hydrogen (secondary N) is 2. The molecule has 0 radical (unpaired) electrons. The molecule has 2 rings (SSSR count). The third-order valence-electron chi connectivity index (χ3n) is 3.79. The van der Waals surface area contributed by atoms with Crippen LogP contribution in [0.3, 0.4) is 0 Å². The maximum atomic E-state index is 12.0. The number of ether oxygens (including phenoxy) is 1. The summed E-state index contributed by atoms with van der Waals surface area (Å²) in [6.45, 7) is 1.39. The number of hydrogen-bond donors (Lipinski definition) is 3. The molecule has 2 amide bonds. The molecule has 1 aromatic carbocycles. The fourth-order valence-corrected chi connectivity index (χ4v) is 2.73. The molecular formula is C16H21ClN2O4. The first kappa shape index (κ1) is 17.6. The van der Waals surface area contributed by atoms with Crippen molar-refractivity contribution in [1.82, 2.24) is 10.6 Å². The summed E-state index contributed by atoms with van der Waals surface area (Å²) in [4.78, 5) is 22.5. The zero-order valence-electron chi connectivity index (χ0n) is 12.8. The van der Waals surface area contributed by atoms with Crippen molar-refractivity contribution in [3.05, 3.63) is 34.9 Å². The first-order valence-corrected chi connectivity index (χ1v) is 7.97. The topological polar surface area (TPSA) is 87.7 Å². The molecule has 6 nitrogen and oxygen atoms in total. The van der Waals surface area contributed by atoms with Crippen LogP contribution in [0, 0.1) is 0 Å². The minimum atomic E-state index is -0.865. The number of aliphatic carboxylic acids is 1. The van der Waals surface area contributed by atoms with Gasteiger partial charge < -0.3 is 20.5 Å². The standard InChI is InChI=1S/C16H21ClN2O4/c17-13-5-3-12(4-6-13)10-16(7-9-23-11-16)19-15(22)18-8-1-2-14(20)21/h3-6H,1-2,7-11H2,(H,20,21)(H2,18,19,22). The molecule has 1 fully saturated rings. The number of carbonyl (C=O) groups excluding carboxylic acids is 1. The van der Waals surface area contributed by atoms with E-state index in [0.717, 1.165) is 12.0 Å². The predicted molar refractivity (Wildman–Crippen MR) is 86.7 cm³/mol. The Morgan fingerprint density at radius 3 is 2.65 bits per heavy atom. The first-order valence-electron chi connectivity index (χ1n) is 7.59. The van der Waals surface area contributed by atoms with Gasteiger partial charge in [-0.25, -0.2) is 4.79 Å². The van der Waals surface area contributed by atoms with Gasteiger partial charge in [-0.1, -0.05) is 23.7 Å². The smallest absolute Gasteiger partial charge is 0.315 e. The maximum Gasteiger partial charge on any atom is 0.315 e. The van der Waals surface area contributed by atoms with Crippen LogP contribution < -0.4 is 10.6 Å². The van der Waals surface area contributed by atoms with Crippen LogP contribution in [-0.4, -0.2) is 42.4 Å². The Hall–Kier alpha value is -1.79. The maximum absolute atomic E-state index is 12.0. The van der Waals surface area contributed by atoms with Crippen molar-refractivity contribution in [2.24, 2.45) is 0 Å². The molecule has 0 aliphatic carbocycles. The van der Waals surface area contributed by atoms with Gasteiger partial charge in [0.2, 0.25) is 0 Å². The third-order valence-corrected chi connectivity index (χ3v) is 4.04. The van der Waals surface area contributed by atoms with Crippen LogP contribution in [0.4, 0.5) is 4.79 Å². The van der Waals surface area contributed by atoms with Gasteiger partial charge in [0.15, 0.2) is 0 Å². The van der Waals surface area contributed by atoms with E-state index in [1.807, 2.05) is 24.3 Å². The SMILES string of the molecule is O=C(O)CCCNC(=O)NC1(Cc2ccc(Cl)cc2)CCOC1. The first-order chi connectivity index (χ1) is 11.0. The molecule has 23 heavy (non-hydrogen) atoms. The lowest BCUT2D eigenvalue weighted by Crippen LogP contribution is -2.54. The van der Waals surface area contributed by atoms with Gasteiger partial charge in [-0.05, 0) is 37.0 Å². The summed E-state index contributed by atoms with van der Waals surface area (Å²) in [5.41, 5.74) is 0.635. The Morgan fingerprint density at radius 1 is 1.30 bits per heavy atom. The molecule has 1 aliphatic rings. The summed E-state index contributed by atoms with van der Waals surface area (Å²) in [6.07, 6.45) is 1.84. The number of hydrogen-bond acceptors (Lipinski definition) is 3.